The molecule has 38 heavy (non-hydrogen) atoms. The lowest BCUT2D eigenvalue weighted by Gasteiger charge is -2.16. The summed E-state index contributed by atoms with van der Waals surface area (Å²) in [5.74, 6) is 0. The van der Waals surface area contributed by atoms with E-state index >= 15 is 0 Å². The molecule has 0 amide bonds. The Bertz CT molecular complexity index is 2180. The smallest absolute Gasteiger partial charge is 0.00199 e. The lowest BCUT2D eigenvalue weighted by molar-refractivity contribution is 1.63. The molecule has 0 bridgehead atoms. The number of hydrogen-bond donors (Lipinski definition) is 0. The van der Waals surface area contributed by atoms with Crippen LogP contribution in [0.15, 0.2) is 146 Å². The van der Waals surface area contributed by atoms with E-state index in [2.05, 4.69) is 146 Å². The Balaban J connectivity index is 1.44. The Kier molecular flexibility index (Phi) is 4.62. The Morgan fingerprint density at radius 1 is 0.263 bits per heavy atom. The molecule has 0 aromatic heterocycles. The van der Waals surface area contributed by atoms with Gasteiger partial charge in [0.25, 0.3) is 0 Å². The zero-order chi connectivity index (χ0) is 25.1. The second-order valence-corrected chi connectivity index (χ2v) is 10.1. The van der Waals surface area contributed by atoms with Crippen LogP contribution in [-0.2, 0) is 0 Å². The maximum Gasteiger partial charge on any atom is -0.00199 e. The lowest BCUT2D eigenvalue weighted by atomic mass is 9.87. The highest BCUT2D eigenvalue weighted by Gasteiger charge is 2.15. The topological polar surface area (TPSA) is 0 Å². The van der Waals surface area contributed by atoms with Gasteiger partial charge in [0.15, 0.2) is 0 Å². The van der Waals surface area contributed by atoms with Crippen LogP contribution in [-0.4, -0.2) is 0 Å². The molecule has 0 heteroatoms. The molecule has 0 radical (unpaired) electrons. The zero-order valence-corrected chi connectivity index (χ0v) is 20.9. The number of fused-ring (bicyclic) bond motifs is 9. The molecule has 0 atom stereocenters. The molecular formula is C38H24. The van der Waals surface area contributed by atoms with Crippen molar-refractivity contribution in [1.82, 2.24) is 0 Å². The molecule has 0 N–H and O–H groups in total. The van der Waals surface area contributed by atoms with Gasteiger partial charge in [-0.25, -0.2) is 0 Å². The third kappa shape index (κ3) is 3.17. The number of hydrogen-bond acceptors (Lipinski definition) is 0. The molecule has 0 aliphatic heterocycles. The molecule has 0 unspecified atom stereocenters. The van der Waals surface area contributed by atoms with Crippen LogP contribution in [0, 0.1) is 0 Å². The maximum atomic E-state index is 2.42. The van der Waals surface area contributed by atoms with Gasteiger partial charge in [-0.15, -0.1) is 0 Å². The Hall–Kier alpha value is -4.94. The second-order valence-electron chi connectivity index (χ2n) is 10.1. The molecule has 0 nitrogen and oxygen atoms in total. The van der Waals surface area contributed by atoms with Crippen LogP contribution in [0.25, 0.3) is 76.1 Å². The quantitative estimate of drug-likeness (QED) is 0.216. The second kappa shape index (κ2) is 8.30. The Morgan fingerprint density at radius 3 is 1.55 bits per heavy atom. The van der Waals surface area contributed by atoms with Gasteiger partial charge < -0.3 is 0 Å². The minimum Gasteiger partial charge on any atom is -0.0616 e. The Labute approximate surface area is 221 Å². The van der Waals surface area contributed by atoms with Crippen LogP contribution in [0.2, 0.25) is 0 Å². The van der Waals surface area contributed by atoms with Gasteiger partial charge in [-0.3, -0.25) is 0 Å². The van der Waals surface area contributed by atoms with Gasteiger partial charge in [0.2, 0.25) is 0 Å². The SMILES string of the molecule is c1cc(-c2ccc3ccccc3c2)cc(-c2cc3c4ccccc4c4ccccc4c3c3ccccc23)c1. The molecule has 0 heterocycles. The monoisotopic (exact) mass is 480 g/mol. The van der Waals surface area contributed by atoms with Crippen LogP contribution in [0.3, 0.4) is 0 Å². The molecular weight excluding hydrogens is 456 g/mol. The van der Waals surface area contributed by atoms with Crippen molar-refractivity contribution in [3.63, 3.8) is 0 Å². The molecule has 8 aromatic carbocycles. The van der Waals surface area contributed by atoms with Crippen molar-refractivity contribution in [2.75, 3.05) is 0 Å². The van der Waals surface area contributed by atoms with E-state index in [4.69, 9.17) is 0 Å². The van der Waals surface area contributed by atoms with E-state index in [1.54, 1.807) is 0 Å². The third-order valence-corrected chi connectivity index (χ3v) is 8.00. The van der Waals surface area contributed by atoms with Crippen molar-refractivity contribution >= 4 is 53.9 Å². The van der Waals surface area contributed by atoms with Gasteiger partial charge in [0.05, 0.1) is 0 Å². The van der Waals surface area contributed by atoms with Crippen LogP contribution < -0.4 is 0 Å². The molecule has 0 saturated heterocycles. The molecule has 8 rings (SSSR count). The van der Waals surface area contributed by atoms with Crippen molar-refractivity contribution in [3.05, 3.63) is 146 Å². The van der Waals surface area contributed by atoms with E-state index in [0.717, 1.165) is 0 Å². The third-order valence-electron chi connectivity index (χ3n) is 8.00. The molecule has 8 aromatic rings. The van der Waals surface area contributed by atoms with E-state index in [1.165, 1.54) is 76.1 Å². The highest BCUT2D eigenvalue weighted by molar-refractivity contribution is 6.33. The van der Waals surface area contributed by atoms with Crippen molar-refractivity contribution in [2.24, 2.45) is 0 Å². The van der Waals surface area contributed by atoms with Crippen LogP contribution in [0.5, 0.6) is 0 Å². The molecule has 0 aliphatic rings. The lowest BCUT2D eigenvalue weighted by Crippen LogP contribution is -1.89. The summed E-state index contributed by atoms with van der Waals surface area (Å²) in [6, 6.07) is 53.3. The number of rotatable bonds is 2. The summed E-state index contributed by atoms with van der Waals surface area (Å²) in [7, 11) is 0. The van der Waals surface area contributed by atoms with Gasteiger partial charge in [-0.1, -0.05) is 127 Å². The zero-order valence-electron chi connectivity index (χ0n) is 20.9. The minimum atomic E-state index is 1.24. The predicted molar refractivity (Wildman–Crippen MR) is 165 cm³/mol. The normalized spacial score (nSPS) is 11.7. The van der Waals surface area contributed by atoms with Gasteiger partial charge in [-0.2, -0.15) is 0 Å². The highest BCUT2D eigenvalue weighted by Crippen LogP contribution is 2.43. The maximum absolute atomic E-state index is 2.42. The van der Waals surface area contributed by atoms with E-state index in [9.17, 15) is 0 Å². The van der Waals surface area contributed by atoms with Crippen molar-refractivity contribution < 1.29 is 0 Å². The average molecular weight is 481 g/mol. The van der Waals surface area contributed by atoms with Crippen LogP contribution in [0.1, 0.15) is 0 Å². The average Bonchev–Trinajstić information content (AvgIpc) is 3.00. The fourth-order valence-corrected chi connectivity index (χ4v) is 6.24. The molecule has 176 valence electrons. The van der Waals surface area contributed by atoms with Crippen molar-refractivity contribution in [2.45, 2.75) is 0 Å². The highest BCUT2D eigenvalue weighted by atomic mass is 14.2. The van der Waals surface area contributed by atoms with Crippen molar-refractivity contribution in [1.29, 1.82) is 0 Å². The van der Waals surface area contributed by atoms with E-state index in [0.29, 0.717) is 0 Å². The van der Waals surface area contributed by atoms with E-state index < -0.39 is 0 Å². The summed E-state index contributed by atoms with van der Waals surface area (Å²) in [6.07, 6.45) is 0. The first-order chi connectivity index (χ1) is 18.8. The molecule has 0 aliphatic carbocycles. The van der Waals surface area contributed by atoms with Crippen molar-refractivity contribution in [3.8, 4) is 22.3 Å². The first-order valence-corrected chi connectivity index (χ1v) is 13.2. The van der Waals surface area contributed by atoms with E-state index in [1.807, 2.05) is 0 Å². The molecule has 0 saturated carbocycles. The summed E-state index contributed by atoms with van der Waals surface area (Å²) >= 11 is 0. The standard InChI is InChI=1S/C38H24/c1-2-11-26-22-28(21-20-25(26)10-1)27-12-9-13-29(23-27)36-24-37-32-16-4-3-14-30(32)31-15-5-7-18-34(31)38(37)35-19-8-6-17-33(35)36/h1-24H. The summed E-state index contributed by atoms with van der Waals surface area (Å²) in [5.41, 5.74) is 5.00. The fourth-order valence-electron chi connectivity index (χ4n) is 6.24. The minimum absolute atomic E-state index is 1.24. The molecule has 0 fully saturated rings. The van der Waals surface area contributed by atoms with Crippen LogP contribution in [0.4, 0.5) is 0 Å². The first kappa shape index (κ1) is 21.2. The van der Waals surface area contributed by atoms with Gasteiger partial charge in [0.1, 0.15) is 0 Å². The van der Waals surface area contributed by atoms with Gasteiger partial charge >= 0.3 is 0 Å². The van der Waals surface area contributed by atoms with Gasteiger partial charge in [-0.05, 0) is 94.3 Å². The Morgan fingerprint density at radius 2 is 0.789 bits per heavy atom. The van der Waals surface area contributed by atoms with Gasteiger partial charge in [0, 0.05) is 0 Å². The summed E-state index contributed by atoms with van der Waals surface area (Å²) in [6.45, 7) is 0. The first-order valence-electron chi connectivity index (χ1n) is 13.2. The number of benzene rings is 8. The largest absolute Gasteiger partial charge is 0.0616 e. The summed E-state index contributed by atoms with van der Waals surface area (Å²) in [4.78, 5) is 0. The fraction of sp³-hybridized carbons (Fsp3) is 0. The predicted octanol–water partition coefficient (Wildman–Crippen LogP) is 10.8. The van der Waals surface area contributed by atoms with Crippen LogP contribution >= 0.6 is 0 Å². The molecule has 0 spiro atoms. The van der Waals surface area contributed by atoms with E-state index in [-0.39, 0.29) is 0 Å². The summed E-state index contributed by atoms with van der Waals surface area (Å²) < 4.78 is 0. The summed E-state index contributed by atoms with van der Waals surface area (Å²) in [5, 5.41) is 13.0.